The number of phenolic OH excluding ortho intramolecular Hbond substituents is 1. The first-order valence-electron chi connectivity index (χ1n) is 4.88. The standard InChI is InChI=1S/C12H13NO/c1-2-4-9-6-7-11-10(12(9)14)5-3-8-13-11/h3,5-8,14H,2,4H2,1H3. The Morgan fingerprint density at radius 3 is 2.93 bits per heavy atom. The van der Waals surface area contributed by atoms with Gasteiger partial charge in [-0.1, -0.05) is 19.4 Å². The van der Waals surface area contributed by atoms with Gasteiger partial charge in [0, 0.05) is 11.6 Å². The van der Waals surface area contributed by atoms with Crippen molar-refractivity contribution in [3.8, 4) is 5.75 Å². The molecule has 0 atom stereocenters. The van der Waals surface area contributed by atoms with Gasteiger partial charge in [0.15, 0.2) is 0 Å². The summed E-state index contributed by atoms with van der Waals surface area (Å²) in [7, 11) is 0. The van der Waals surface area contributed by atoms with E-state index in [1.54, 1.807) is 6.20 Å². The Balaban J connectivity index is 2.63. The summed E-state index contributed by atoms with van der Waals surface area (Å²) in [5, 5.41) is 10.8. The SMILES string of the molecule is CCCc1ccc2ncccc2c1O. The highest BCUT2D eigenvalue weighted by Crippen LogP contribution is 2.27. The van der Waals surface area contributed by atoms with Crippen LogP contribution in [0.2, 0.25) is 0 Å². The first kappa shape index (κ1) is 9.00. The van der Waals surface area contributed by atoms with Gasteiger partial charge >= 0.3 is 0 Å². The van der Waals surface area contributed by atoms with Crippen LogP contribution in [0.25, 0.3) is 10.9 Å². The molecular formula is C12H13NO. The summed E-state index contributed by atoms with van der Waals surface area (Å²) in [5.41, 5.74) is 1.86. The van der Waals surface area contributed by atoms with E-state index < -0.39 is 0 Å². The van der Waals surface area contributed by atoms with Crippen LogP contribution in [0.5, 0.6) is 5.75 Å². The third-order valence-corrected chi connectivity index (χ3v) is 2.36. The molecule has 2 rings (SSSR count). The zero-order chi connectivity index (χ0) is 9.97. The average molecular weight is 187 g/mol. The van der Waals surface area contributed by atoms with E-state index in [2.05, 4.69) is 11.9 Å². The van der Waals surface area contributed by atoms with E-state index in [1.165, 1.54) is 0 Å². The number of aromatic nitrogens is 1. The van der Waals surface area contributed by atoms with Crippen LogP contribution in [0.3, 0.4) is 0 Å². The predicted octanol–water partition coefficient (Wildman–Crippen LogP) is 2.89. The molecule has 1 N–H and O–H groups in total. The molecule has 0 aliphatic rings. The van der Waals surface area contributed by atoms with Gasteiger partial charge in [-0.3, -0.25) is 4.98 Å². The van der Waals surface area contributed by atoms with Gasteiger partial charge in [0.05, 0.1) is 5.52 Å². The van der Waals surface area contributed by atoms with Crippen molar-refractivity contribution < 1.29 is 5.11 Å². The van der Waals surface area contributed by atoms with Gasteiger partial charge in [-0.05, 0) is 30.2 Å². The number of rotatable bonds is 2. The number of benzene rings is 1. The fourth-order valence-electron chi connectivity index (χ4n) is 1.65. The van der Waals surface area contributed by atoms with Gasteiger partial charge < -0.3 is 5.11 Å². The van der Waals surface area contributed by atoms with Gasteiger partial charge in [0.2, 0.25) is 0 Å². The van der Waals surface area contributed by atoms with E-state index in [1.807, 2.05) is 24.3 Å². The Hall–Kier alpha value is -1.57. The average Bonchev–Trinajstić information content (AvgIpc) is 2.23. The highest BCUT2D eigenvalue weighted by atomic mass is 16.3. The molecule has 1 aromatic carbocycles. The molecular weight excluding hydrogens is 174 g/mol. The summed E-state index contributed by atoms with van der Waals surface area (Å²) in [5.74, 6) is 0.387. The molecule has 0 saturated carbocycles. The van der Waals surface area contributed by atoms with Crippen molar-refractivity contribution in [2.24, 2.45) is 0 Å². The second-order valence-corrected chi connectivity index (χ2v) is 3.39. The highest BCUT2D eigenvalue weighted by Gasteiger charge is 2.04. The van der Waals surface area contributed by atoms with Crippen molar-refractivity contribution in [1.29, 1.82) is 0 Å². The number of fused-ring (bicyclic) bond motifs is 1. The molecule has 1 aromatic heterocycles. The Kier molecular flexibility index (Phi) is 2.35. The maximum absolute atomic E-state index is 9.94. The van der Waals surface area contributed by atoms with Crippen molar-refractivity contribution in [3.05, 3.63) is 36.0 Å². The van der Waals surface area contributed by atoms with Gasteiger partial charge in [-0.25, -0.2) is 0 Å². The van der Waals surface area contributed by atoms with Crippen LogP contribution >= 0.6 is 0 Å². The van der Waals surface area contributed by atoms with Crippen molar-refractivity contribution in [1.82, 2.24) is 4.98 Å². The third-order valence-electron chi connectivity index (χ3n) is 2.36. The normalized spacial score (nSPS) is 10.6. The Labute approximate surface area is 83.2 Å². The summed E-state index contributed by atoms with van der Waals surface area (Å²) in [6, 6.07) is 7.66. The van der Waals surface area contributed by atoms with Crippen LogP contribution in [-0.4, -0.2) is 10.1 Å². The molecule has 0 radical (unpaired) electrons. The van der Waals surface area contributed by atoms with Gasteiger partial charge in [-0.2, -0.15) is 0 Å². The molecule has 72 valence electrons. The fraction of sp³-hybridized carbons (Fsp3) is 0.250. The summed E-state index contributed by atoms with van der Waals surface area (Å²) in [4.78, 5) is 4.18. The van der Waals surface area contributed by atoms with Crippen molar-refractivity contribution in [3.63, 3.8) is 0 Å². The van der Waals surface area contributed by atoms with Gasteiger partial charge in [-0.15, -0.1) is 0 Å². The van der Waals surface area contributed by atoms with Crippen molar-refractivity contribution in [2.45, 2.75) is 19.8 Å². The lowest BCUT2D eigenvalue weighted by Gasteiger charge is -2.05. The van der Waals surface area contributed by atoms with E-state index >= 15 is 0 Å². The van der Waals surface area contributed by atoms with Crippen LogP contribution < -0.4 is 0 Å². The summed E-state index contributed by atoms with van der Waals surface area (Å²) in [6.07, 6.45) is 3.69. The number of hydrogen-bond donors (Lipinski definition) is 1. The lowest BCUT2D eigenvalue weighted by atomic mass is 10.1. The molecule has 14 heavy (non-hydrogen) atoms. The number of nitrogens with zero attached hydrogens (tertiary/aromatic N) is 1. The summed E-state index contributed by atoms with van der Waals surface area (Å²) in [6.45, 7) is 2.10. The number of aromatic hydroxyl groups is 1. The van der Waals surface area contributed by atoms with E-state index in [9.17, 15) is 5.11 Å². The van der Waals surface area contributed by atoms with Crippen LogP contribution in [-0.2, 0) is 6.42 Å². The first-order valence-corrected chi connectivity index (χ1v) is 4.88. The molecule has 0 amide bonds. The minimum atomic E-state index is 0.387. The molecule has 2 heteroatoms. The lowest BCUT2D eigenvalue weighted by molar-refractivity contribution is 0.474. The monoisotopic (exact) mass is 187 g/mol. The van der Waals surface area contributed by atoms with Crippen LogP contribution in [0.4, 0.5) is 0 Å². The van der Waals surface area contributed by atoms with Crippen molar-refractivity contribution in [2.75, 3.05) is 0 Å². The Morgan fingerprint density at radius 2 is 2.14 bits per heavy atom. The van der Waals surface area contributed by atoms with Crippen LogP contribution in [0, 0.1) is 0 Å². The van der Waals surface area contributed by atoms with E-state index in [0.717, 1.165) is 29.3 Å². The van der Waals surface area contributed by atoms with E-state index in [-0.39, 0.29) is 0 Å². The third kappa shape index (κ3) is 1.43. The molecule has 2 nitrogen and oxygen atoms in total. The number of aryl methyl sites for hydroxylation is 1. The predicted molar refractivity (Wildman–Crippen MR) is 57.4 cm³/mol. The lowest BCUT2D eigenvalue weighted by Crippen LogP contribution is -1.86. The molecule has 0 bridgehead atoms. The molecule has 0 saturated heterocycles. The molecule has 0 unspecified atom stereocenters. The molecule has 0 aliphatic heterocycles. The number of phenols is 1. The largest absolute Gasteiger partial charge is 0.507 e. The second kappa shape index (κ2) is 3.66. The molecule has 1 heterocycles. The molecule has 0 aliphatic carbocycles. The smallest absolute Gasteiger partial charge is 0.128 e. The first-order chi connectivity index (χ1) is 6.83. The van der Waals surface area contributed by atoms with Crippen LogP contribution in [0.1, 0.15) is 18.9 Å². The molecule has 0 fully saturated rings. The zero-order valence-corrected chi connectivity index (χ0v) is 8.20. The van der Waals surface area contributed by atoms with E-state index in [4.69, 9.17) is 0 Å². The molecule has 0 spiro atoms. The van der Waals surface area contributed by atoms with E-state index in [0.29, 0.717) is 5.75 Å². The van der Waals surface area contributed by atoms with Crippen LogP contribution in [0.15, 0.2) is 30.5 Å². The minimum Gasteiger partial charge on any atom is -0.507 e. The Bertz CT molecular complexity index is 451. The number of hydrogen-bond acceptors (Lipinski definition) is 2. The topological polar surface area (TPSA) is 33.1 Å². The quantitative estimate of drug-likeness (QED) is 0.784. The summed E-state index contributed by atoms with van der Waals surface area (Å²) >= 11 is 0. The number of pyridine rings is 1. The minimum absolute atomic E-state index is 0.387. The Morgan fingerprint density at radius 1 is 1.29 bits per heavy atom. The highest BCUT2D eigenvalue weighted by molar-refractivity contribution is 5.85. The van der Waals surface area contributed by atoms with Crippen molar-refractivity contribution >= 4 is 10.9 Å². The molecule has 2 aromatic rings. The summed E-state index contributed by atoms with van der Waals surface area (Å²) < 4.78 is 0. The second-order valence-electron chi connectivity index (χ2n) is 3.39. The van der Waals surface area contributed by atoms with Gasteiger partial charge in [0.25, 0.3) is 0 Å². The fourth-order valence-corrected chi connectivity index (χ4v) is 1.65. The zero-order valence-electron chi connectivity index (χ0n) is 8.20. The maximum atomic E-state index is 9.94. The van der Waals surface area contributed by atoms with Gasteiger partial charge in [0.1, 0.15) is 5.75 Å². The maximum Gasteiger partial charge on any atom is 0.128 e.